The summed E-state index contributed by atoms with van der Waals surface area (Å²) in [6.07, 6.45) is -0.815. The van der Waals surface area contributed by atoms with Crippen LogP contribution in [-0.2, 0) is 0 Å². The quantitative estimate of drug-likeness (QED) is 0.757. The topological polar surface area (TPSA) is 96.6 Å². The van der Waals surface area contributed by atoms with E-state index < -0.39 is 12.1 Å². The summed E-state index contributed by atoms with van der Waals surface area (Å²) >= 11 is 0. The molecule has 7 heteroatoms. The molecule has 1 heterocycles. The monoisotopic (exact) mass is 305 g/mol. The van der Waals surface area contributed by atoms with Crippen LogP contribution in [-0.4, -0.2) is 35.5 Å². The molecular formula is C15H19N3O4. The number of nitrogens with one attached hydrogen (secondary N) is 2. The van der Waals surface area contributed by atoms with Gasteiger partial charge < -0.3 is 19.7 Å². The molecule has 7 nitrogen and oxygen atoms in total. The second-order valence-corrected chi connectivity index (χ2v) is 4.94. The van der Waals surface area contributed by atoms with E-state index in [9.17, 15) is 9.90 Å². The first-order chi connectivity index (χ1) is 10.5. The van der Waals surface area contributed by atoms with Crippen LogP contribution in [0.2, 0.25) is 0 Å². The van der Waals surface area contributed by atoms with Crippen LogP contribution in [0.25, 0.3) is 0 Å². The number of carbonyl (C=O) groups excluding carboxylic acids is 1. The van der Waals surface area contributed by atoms with Gasteiger partial charge in [0.2, 0.25) is 0 Å². The molecule has 1 unspecified atom stereocenters. The third kappa shape index (κ3) is 5.10. The van der Waals surface area contributed by atoms with Crippen LogP contribution in [0.4, 0.5) is 10.6 Å². The average molecular weight is 305 g/mol. The Kier molecular flexibility index (Phi) is 5.37. The fourth-order valence-corrected chi connectivity index (χ4v) is 1.75. The van der Waals surface area contributed by atoms with Crippen LogP contribution in [0.1, 0.15) is 11.3 Å². The van der Waals surface area contributed by atoms with Crippen molar-refractivity contribution >= 4 is 11.8 Å². The maximum Gasteiger partial charge on any atom is 0.320 e. The first-order valence-corrected chi connectivity index (χ1v) is 6.88. The van der Waals surface area contributed by atoms with Gasteiger partial charge in [-0.15, -0.1) is 0 Å². The van der Waals surface area contributed by atoms with Gasteiger partial charge in [-0.1, -0.05) is 17.3 Å². The SMILES string of the molecule is Cc1cccc(OCC(O)CNC(=O)Nc2cc(C)on2)c1. The number of amides is 2. The Morgan fingerprint density at radius 1 is 1.41 bits per heavy atom. The van der Waals surface area contributed by atoms with Gasteiger partial charge in [-0.25, -0.2) is 4.79 Å². The number of anilines is 1. The van der Waals surface area contributed by atoms with Crippen molar-refractivity contribution in [2.75, 3.05) is 18.5 Å². The minimum absolute atomic E-state index is 0.0640. The number of hydrogen-bond acceptors (Lipinski definition) is 5. The van der Waals surface area contributed by atoms with Crippen molar-refractivity contribution in [1.82, 2.24) is 10.5 Å². The maximum atomic E-state index is 11.6. The molecule has 1 aromatic carbocycles. The third-order valence-electron chi connectivity index (χ3n) is 2.80. The number of benzene rings is 1. The maximum absolute atomic E-state index is 11.6. The molecule has 2 amide bonds. The smallest absolute Gasteiger partial charge is 0.320 e. The first kappa shape index (κ1) is 15.8. The van der Waals surface area contributed by atoms with Crippen molar-refractivity contribution in [2.45, 2.75) is 20.0 Å². The van der Waals surface area contributed by atoms with E-state index in [-0.39, 0.29) is 13.2 Å². The molecule has 0 aliphatic heterocycles. The number of aliphatic hydroxyl groups is 1. The highest BCUT2D eigenvalue weighted by Crippen LogP contribution is 2.12. The molecule has 0 aliphatic rings. The number of aromatic nitrogens is 1. The number of urea groups is 1. The van der Waals surface area contributed by atoms with Crippen LogP contribution in [0.15, 0.2) is 34.9 Å². The van der Waals surface area contributed by atoms with E-state index in [1.165, 1.54) is 0 Å². The molecule has 22 heavy (non-hydrogen) atoms. The van der Waals surface area contributed by atoms with E-state index >= 15 is 0 Å². The first-order valence-electron chi connectivity index (χ1n) is 6.88. The van der Waals surface area contributed by atoms with Gasteiger partial charge in [-0.3, -0.25) is 5.32 Å². The van der Waals surface area contributed by atoms with Gasteiger partial charge in [0, 0.05) is 12.6 Å². The molecule has 0 saturated carbocycles. The Morgan fingerprint density at radius 2 is 2.23 bits per heavy atom. The largest absolute Gasteiger partial charge is 0.491 e. The van der Waals surface area contributed by atoms with Crippen molar-refractivity contribution in [3.63, 3.8) is 0 Å². The number of rotatable bonds is 6. The summed E-state index contributed by atoms with van der Waals surface area (Å²) in [7, 11) is 0. The van der Waals surface area contributed by atoms with Gasteiger partial charge in [0.25, 0.3) is 0 Å². The summed E-state index contributed by atoms with van der Waals surface area (Å²) in [5, 5.41) is 18.4. The summed E-state index contributed by atoms with van der Waals surface area (Å²) < 4.78 is 10.3. The Bertz CT molecular complexity index is 627. The van der Waals surface area contributed by atoms with Crippen LogP contribution in [0, 0.1) is 13.8 Å². The molecule has 1 atom stereocenters. The average Bonchev–Trinajstić information content (AvgIpc) is 2.88. The minimum atomic E-state index is -0.815. The van der Waals surface area contributed by atoms with Crippen LogP contribution in [0.3, 0.4) is 0 Å². The number of aliphatic hydroxyl groups excluding tert-OH is 1. The Balaban J connectivity index is 1.68. The normalized spacial score (nSPS) is 11.8. The predicted molar refractivity (Wildman–Crippen MR) is 80.9 cm³/mol. The lowest BCUT2D eigenvalue weighted by Crippen LogP contribution is -2.37. The van der Waals surface area contributed by atoms with E-state index in [1.807, 2.05) is 31.2 Å². The molecule has 0 radical (unpaired) electrons. The molecule has 0 fully saturated rings. The van der Waals surface area contributed by atoms with Gasteiger partial charge >= 0.3 is 6.03 Å². The van der Waals surface area contributed by atoms with Crippen molar-refractivity contribution in [3.05, 3.63) is 41.7 Å². The molecule has 0 spiro atoms. The molecule has 2 aromatic rings. The summed E-state index contributed by atoms with van der Waals surface area (Å²) in [5.74, 6) is 1.60. The Hall–Kier alpha value is -2.54. The van der Waals surface area contributed by atoms with Gasteiger partial charge in [0.1, 0.15) is 24.2 Å². The van der Waals surface area contributed by atoms with E-state index in [0.29, 0.717) is 17.3 Å². The molecule has 118 valence electrons. The molecule has 0 bridgehead atoms. The zero-order valence-electron chi connectivity index (χ0n) is 12.5. The molecule has 3 N–H and O–H groups in total. The lowest BCUT2D eigenvalue weighted by molar-refractivity contribution is 0.108. The number of hydrogen-bond donors (Lipinski definition) is 3. The van der Waals surface area contributed by atoms with Crippen LogP contribution < -0.4 is 15.4 Å². The van der Waals surface area contributed by atoms with E-state index in [0.717, 1.165) is 5.56 Å². The van der Waals surface area contributed by atoms with Crippen molar-refractivity contribution in [3.8, 4) is 5.75 Å². The third-order valence-corrected chi connectivity index (χ3v) is 2.80. The lowest BCUT2D eigenvalue weighted by Gasteiger charge is -2.13. The molecule has 0 saturated heterocycles. The second-order valence-electron chi connectivity index (χ2n) is 4.94. The van der Waals surface area contributed by atoms with Gasteiger partial charge in [0.05, 0.1) is 0 Å². The summed E-state index contributed by atoms with van der Waals surface area (Å²) in [6, 6.07) is 8.65. The molecule has 1 aromatic heterocycles. The summed E-state index contributed by atoms with van der Waals surface area (Å²) in [5.41, 5.74) is 1.08. The van der Waals surface area contributed by atoms with E-state index in [2.05, 4.69) is 15.8 Å². The zero-order valence-corrected chi connectivity index (χ0v) is 12.5. The van der Waals surface area contributed by atoms with Crippen LogP contribution in [0.5, 0.6) is 5.75 Å². The van der Waals surface area contributed by atoms with Crippen LogP contribution >= 0.6 is 0 Å². The number of nitrogens with zero attached hydrogens (tertiary/aromatic N) is 1. The van der Waals surface area contributed by atoms with E-state index in [4.69, 9.17) is 9.26 Å². The molecule has 0 aliphatic carbocycles. The zero-order chi connectivity index (χ0) is 15.9. The van der Waals surface area contributed by atoms with Gasteiger partial charge in [-0.05, 0) is 31.5 Å². The fourth-order valence-electron chi connectivity index (χ4n) is 1.75. The van der Waals surface area contributed by atoms with Gasteiger partial charge in [0.15, 0.2) is 5.82 Å². The fraction of sp³-hybridized carbons (Fsp3) is 0.333. The molecule has 2 rings (SSSR count). The highest BCUT2D eigenvalue weighted by atomic mass is 16.5. The summed E-state index contributed by atoms with van der Waals surface area (Å²) in [4.78, 5) is 11.6. The van der Waals surface area contributed by atoms with Gasteiger partial charge in [-0.2, -0.15) is 0 Å². The number of ether oxygens (including phenoxy) is 1. The Labute approximate surface area is 128 Å². The van der Waals surface area contributed by atoms with Crippen molar-refractivity contribution in [2.24, 2.45) is 0 Å². The number of carbonyl (C=O) groups is 1. The van der Waals surface area contributed by atoms with Crippen molar-refractivity contribution in [1.29, 1.82) is 0 Å². The number of aryl methyl sites for hydroxylation is 2. The predicted octanol–water partition coefficient (Wildman–Crippen LogP) is 1.85. The Morgan fingerprint density at radius 3 is 2.91 bits per heavy atom. The lowest BCUT2D eigenvalue weighted by atomic mass is 10.2. The minimum Gasteiger partial charge on any atom is -0.491 e. The summed E-state index contributed by atoms with van der Waals surface area (Å²) in [6.45, 7) is 3.84. The second kappa shape index (κ2) is 7.46. The molecular weight excluding hydrogens is 286 g/mol. The van der Waals surface area contributed by atoms with E-state index in [1.54, 1.807) is 13.0 Å². The standard InChI is InChI=1S/C15H19N3O4/c1-10-4-3-5-13(6-10)21-9-12(19)8-16-15(20)17-14-7-11(2)22-18-14/h3-7,12,19H,8-9H2,1-2H3,(H2,16,17,18,20). The van der Waals surface area contributed by atoms with Crippen molar-refractivity contribution < 1.29 is 19.2 Å². The highest BCUT2D eigenvalue weighted by Gasteiger charge is 2.09. The highest BCUT2D eigenvalue weighted by molar-refractivity contribution is 5.88.